The number of rotatable bonds is 1. The van der Waals surface area contributed by atoms with E-state index in [1.807, 2.05) is 20.8 Å². The van der Waals surface area contributed by atoms with Gasteiger partial charge in [0.05, 0.1) is 11.9 Å². The van der Waals surface area contributed by atoms with Crippen LogP contribution in [0, 0.1) is 0 Å². The minimum absolute atomic E-state index is 0.208. The molecule has 1 rings (SSSR count). The summed E-state index contributed by atoms with van der Waals surface area (Å²) in [6, 6.07) is 0. The van der Waals surface area contributed by atoms with E-state index in [4.69, 9.17) is 5.11 Å². The largest absolute Gasteiger partial charge is 0.475 e. The van der Waals surface area contributed by atoms with Crippen LogP contribution in [0.25, 0.3) is 0 Å². The Kier molecular flexibility index (Phi) is 2.27. The van der Waals surface area contributed by atoms with Crippen LogP contribution in [0.2, 0.25) is 0 Å². The van der Waals surface area contributed by atoms with Gasteiger partial charge in [-0.25, -0.2) is 9.78 Å². The SMILES string of the molecule is CC(C)(C)c1cnnc(C(=O)O)n1. The van der Waals surface area contributed by atoms with Crippen molar-refractivity contribution >= 4 is 5.97 Å². The zero-order valence-electron chi connectivity index (χ0n) is 7.77. The summed E-state index contributed by atoms with van der Waals surface area (Å²) in [6.07, 6.45) is 1.48. The summed E-state index contributed by atoms with van der Waals surface area (Å²) in [4.78, 5) is 14.4. The molecule has 0 saturated heterocycles. The topological polar surface area (TPSA) is 76.0 Å². The Morgan fingerprint density at radius 2 is 2.08 bits per heavy atom. The van der Waals surface area contributed by atoms with Gasteiger partial charge in [0.25, 0.3) is 5.82 Å². The van der Waals surface area contributed by atoms with Crippen LogP contribution in [-0.2, 0) is 5.41 Å². The van der Waals surface area contributed by atoms with E-state index in [0.717, 1.165) is 0 Å². The first-order chi connectivity index (χ1) is 5.91. The average Bonchev–Trinajstić information content (AvgIpc) is 2.03. The molecule has 0 aliphatic rings. The summed E-state index contributed by atoms with van der Waals surface area (Å²) in [5.41, 5.74) is 0.417. The van der Waals surface area contributed by atoms with Crippen molar-refractivity contribution in [2.45, 2.75) is 26.2 Å². The molecule has 0 unspecified atom stereocenters. The van der Waals surface area contributed by atoms with Gasteiger partial charge >= 0.3 is 5.97 Å². The summed E-state index contributed by atoms with van der Waals surface area (Å²) in [6.45, 7) is 5.80. The second kappa shape index (κ2) is 3.08. The lowest BCUT2D eigenvalue weighted by atomic mass is 9.93. The number of aromatic nitrogens is 3. The average molecular weight is 181 g/mol. The standard InChI is InChI=1S/C8H11N3O2/c1-8(2,3)5-4-9-11-6(10-5)7(12)13/h4H,1-3H3,(H,12,13). The summed E-state index contributed by atoms with van der Waals surface area (Å²) in [5.74, 6) is -1.41. The molecule has 0 amide bonds. The van der Waals surface area contributed by atoms with Gasteiger partial charge in [-0.2, -0.15) is 5.10 Å². The molecule has 0 bridgehead atoms. The third kappa shape index (κ3) is 2.21. The zero-order chi connectivity index (χ0) is 10.1. The highest BCUT2D eigenvalue weighted by Gasteiger charge is 2.18. The van der Waals surface area contributed by atoms with E-state index < -0.39 is 5.97 Å². The highest BCUT2D eigenvalue weighted by Crippen LogP contribution is 2.18. The summed E-state index contributed by atoms with van der Waals surface area (Å²) in [5, 5.41) is 15.6. The molecule has 70 valence electrons. The lowest BCUT2D eigenvalue weighted by molar-refractivity contribution is 0.0681. The maximum atomic E-state index is 10.5. The molecule has 13 heavy (non-hydrogen) atoms. The second-order valence-electron chi connectivity index (χ2n) is 3.72. The van der Waals surface area contributed by atoms with Crippen molar-refractivity contribution < 1.29 is 9.90 Å². The van der Waals surface area contributed by atoms with E-state index >= 15 is 0 Å². The number of hydrogen-bond acceptors (Lipinski definition) is 4. The van der Waals surface area contributed by atoms with Gasteiger partial charge in [-0.15, -0.1) is 5.10 Å². The van der Waals surface area contributed by atoms with Crippen LogP contribution in [0.5, 0.6) is 0 Å². The van der Waals surface area contributed by atoms with Gasteiger partial charge in [-0.05, 0) is 0 Å². The molecule has 5 heteroatoms. The Morgan fingerprint density at radius 3 is 2.54 bits per heavy atom. The third-order valence-corrected chi connectivity index (χ3v) is 1.52. The van der Waals surface area contributed by atoms with Crippen molar-refractivity contribution in [1.82, 2.24) is 15.2 Å². The lowest BCUT2D eigenvalue weighted by Gasteiger charge is -2.16. The monoisotopic (exact) mass is 181 g/mol. The van der Waals surface area contributed by atoms with Crippen molar-refractivity contribution in [3.63, 3.8) is 0 Å². The number of carbonyl (C=O) groups is 1. The molecule has 0 spiro atoms. The first kappa shape index (κ1) is 9.57. The first-order valence-corrected chi connectivity index (χ1v) is 3.85. The molecule has 0 saturated carbocycles. The number of carboxylic acid groups (broad SMARTS) is 1. The van der Waals surface area contributed by atoms with Crippen LogP contribution in [0.4, 0.5) is 0 Å². The highest BCUT2D eigenvalue weighted by molar-refractivity contribution is 5.82. The lowest BCUT2D eigenvalue weighted by Crippen LogP contribution is -2.17. The fraction of sp³-hybridized carbons (Fsp3) is 0.500. The van der Waals surface area contributed by atoms with Crippen molar-refractivity contribution in [3.8, 4) is 0 Å². The van der Waals surface area contributed by atoms with Gasteiger partial charge in [0, 0.05) is 5.41 Å². The maximum Gasteiger partial charge on any atom is 0.375 e. The van der Waals surface area contributed by atoms with E-state index in [1.165, 1.54) is 6.20 Å². The Labute approximate surface area is 75.8 Å². The molecular weight excluding hydrogens is 170 g/mol. The van der Waals surface area contributed by atoms with Gasteiger partial charge in [-0.3, -0.25) is 0 Å². The number of nitrogens with zero attached hydrogens (tertiary/aromatic N) is 3. The van der Waals surface area contributed by atoms with Crippen LogP contribution >= 0.6 is 0 Å². The Bertz CT molecular complexity index is 330. The predicted molar refractivity (Wildman–Crippen MR) is 45.5 cm³/mol. The van der Waals surface area contributed by atoms with Crippen LogP contribution in [-0.4, -0.2) is 26.3 Å². The normalized spacial score (nSPS) is 11.3. The summed E-state index contributed by atoms with van der Waals surface area (Å²) >= 11 is 0. The molecular formula is C8H11N3O2. The molecule has 0 atom stereocenters. The van der Waals surface area contributed by atoms with Crippen LogP contribution in [0.15, 0.2) is 6.20 Å². The van der Waals surface area contributed by atoms with Gasteiger partial charge in [-0.1, -0.05) is 20.8 Å². The Hall–Kier alpha value is -1.52. The van der Waals surface area contributed by atoms with Crippen molar-refractivity contribution in [2.75, 3.05) is 0 Å². The van der Waals surface area contributed by atoms with Crippen LogP contribution in [0.3, 0.4) is 0 Å². The van der Waals surface area contributed by atoms with E-state index in [9.17, 15) is 4.79 Å². The fourth-order valence-corrected chi connectivity index (χ4v) is 0.756. The molecule has 1 aromatic heterocycles. The minimum atomic E-state index is -1.15. The van der Waals surface area contributed by atoms with Gasteiger partial charge < -0.3 is 5.11 Å². The van der Waals surface area contributed by atoms with Gasteiger partial charge in [0.15, 0.2) is 0 Å². The van der Waals surface area contributed by atoms with Crippen molar-refractivity contribution in [2.24, 2.45) is 0 Å². The molecule has 0 aromatic carbocycles. The smallest absolute Gasteiger partial charge is 0.375 e. The number of aromatic carboxylic acids is 1. The highest BCUT2D eigenvalue weighted by atomic mass is 16.4. The van der Waals surface area contributed by atoms with Crippen molar-refractivity contribution in [3.05, 3.63) is 17.7 Å². The molecule has 0 radical (unpaired) electrons. The predicted octanol–water partition coefficient (Wildman–Crippen LogP) is 0.867. The molecule has 0 aliphatic carbocycles. The molecule has 1 N–H and O–H groups in total. The van der Waals surface area contributed by atoms with Crippen LogP contribution < -0.4 is 0 Å². The van der Waals surface area contributed by atoms with Gasteiger partial charge in [0.2, 0.25) is 0 Å². The first-order valence-electron chi connectivity index (χ1n) is 3.85. The zero-order valence-corrected chi connectivity index (χ0v) is 7.77. The second-order valence-corrected chi connectivity index (χ2v) is 3.72. The fourth-order valence-electron chi connectivity index (χ4n) is 0.756. The minimum Gasteiger partial charge on any atom is -0.475 e. The quantitative estimate of drug-likeness (QED) is 0.695. The van der Waals surface area contributed by atoms with Crippen LogP contribution in [0.1, 0.15) is 37.1 Å². The molecule has 0 fully saturated rings. The number of carboxylic acids is 1. The Balaban J connectivity index is 3.13. The van der Waals surface area contributed by atoms with E-state index in [-0.39, 0.29) is 11.2 Å². The molecule has 0 aliphatic heterocycles. The molecule has 5 nitrogen and oxygen atoms in total. The Morgan fingerprint density at radius 1 is 1.46 bits per heavy atom. The third-order valence-electron chi connectivity index (χ3n) is 1.52. The number of hydrogen-bond donors (Lipinski definition) is 1. The van der Waals surface area contributed by atoms with Crippen molar-refractivity contribution in [1.29, 1.82) is 0 Å². The summed E-state index contributed by atoms with van der Waals surface area (Å²) in [7, 11) is 0. The maximum absolute atomic E-state index is 10.5. The molecule has 1 heterocycles. The molecule has 1 aromatic rings. The van der Waals surface area contributed by atoms with E-state index in [1.54, 1.807) is 0 Å². The summed E-state index contributed by atoms with van der Waals surface area (Å²) < 4.78 is 0. The van der Waals surface area contributed by atoms with Gasteiger partial charge in [0.1, 0.15) is 0 Å². The van der Waals surface area contributed by atoms with E-state index in [2.05, 4.69) is 15.2 Å². The van der Waals surface area contributed by atoms with E-state index in [0.29, 0.717) is 5.69 Å².